The number of nitrogens with one attached hydrogen (secondary N) is 1. The largest absolute Gasteiger partial charge is 0.271 e. The summed E-state index contributed by atoms with van der Waals surface area (Å²) in [7, 11) is 0. The molecule has 0 saturated heterocycles. The summed E-state index contributed by atoms with van der Waals surface area (Å²) in [6, 6.07) is 16.9. The molecule has 0 spiro atoms. The van der Waals surface area contributed by atoms with Gasteiger partial charge in [-0.05, 0) is 48.1 Å². The number of hydrogen-bond donors (Lipinski definition) is 2. The van der Waals surface area contributed by atoms with Crippen molar-refractivity contribution in [3.63, 3.8) is 0 Å². The van der Waals surface area contributed by atoms with E-state index in [0.717, 1.165) is 24.3 Å². The Bertz CT molecular complexity index is 537. The summed E-state index contributed by atoms with van der Waals surface area (Å²) in [5, 5.41) is 0.769. The van der Waals surface area contributed by atoms with Gasteiger partial charge in [-0.2, -0.15) is 0 Å². The van der Waals surface area contributed by atoms with Crippen molar-refractivity contribution in [2.24, 2.45) is 5.84 Å². The van der Waals surface area contributed by atoms with E-state index in [-0.39, 0.29) is 6.04 Å². The SMILES string of the molecule is CCc1ccc(CC(Cc2cccc(Cl)c2)NN)cc1. The monoisotopic (exact) mass is 288 g/mol. The highest BCUT2D eigenvalue weighted by molar-refractivity contribution is 6.30. The van der Waals surface area contributed by atoms with Crippen LogP contribution < -0.4 is 11.3 Å². The molecule has 106 valence electrons. The Morgan fingerprint density at radius 1 is 1.00 bits per heavy atom. The van der Waals surface area contributed by atoms with Crippen LogP contribution in [0.1, 0.15) is 23.6 Å². The number of nitrogens with two attached hydrogens (primary N) is 1. The third-order valence-electron chi connectivity index (χ3n) is 3.52. The first kappa shape index (κ1) is 15.0. The van der Waals surface area contributed by atoms with Crippen molar-refractivity contribution in [1.82, 2.24) is 5.43 Å². The molecule has 3 N–H and O–H groups in total. The van der Waals surface area contributed by atoms with Gasteiger partial charge in [-0.15, -0.1) is 0 Å². The standard InChI is InChI=1S/C17H21ClN2/c1-2-13-6-8-14(9-7-13)11-17(20-19)12-15-4-3-5-16(18)10-15/h3-10,17,20H,2,11-12,19H2,1H3. The van der Waals surface area contributed by atoms with E-state index in [0.29, 0.717) is 0 Å². The van der Waals surface area contributed by atoms with Crippen molar-refractivity contribution in [3.8, 4) is 0 Å². The molecule has 1 atom stereocenters. The van der Waals surface area contributed by atoms with Crippen LogP contribution in [0.3, 0.4) is 0 Å². The Kier molecular flexibility index (Phi) is 5.60. The van der Waals surface area contributed by atoms with E-state index in [2.05, 4.69) is 42.7 Å². The first-order valence-electron chi connectivity index (χ1n) is 6.99. The number of hydrazine groups is 1. The molecule has 0 aliphatic rings. The van der Waals surface area contributed by atoms with E-state index in [1.165, 1.54) is 16.7 Å². The molecule has 0 aliphatic carbocycles. The molecule has 0 radical (unpaired) electrons. The van der Waals surface area contributed by atoms with Crippen LogP contribution in [0.15, 0.2) is 48.5 Å². The maximum atomic E-state index is 6.01. The van der Waals surface area contributed by atoms with Crippen LogP contribution in [0.2, 0.25) is 5.02 Å². The summed E-state index contributed by atoms with van der Waals surface area (Å²) in [6.07, 6.45) is 2.85. The molecule has 0 aromatic heterocycles. The summed E-state index contributed by atoms with van der Waals surface area (Å²) in [6.45, 7) is 2.17. The zero-order valence-corrected chi connectivity index (χ0v) is 12.5. The van der Waals surface area contributed by atoms with Gasteiger partial charge in [-0.25, -0.2) is 0 Å². The predicted octanol–water partition coefficient (Wildman–Crippen LogP) is 3.52. The molecule has 2 aromatic carbocycles. The predicted molar refractivity (Wildman–Crippen MR) is 85.8 cm³/mol. The van der Waals surface area contributed by atoms with Crippen LogP contribution in [-0.2, 0) is 19.3 Å². The zero-order valence-electron chi connectivity index (χ0n) is 11.8. The third-order valence-corrected chi connectivity index (χ3v) is 3.76. The Labute approximate surface area is 125 Å². The Balaban J connectivity index is 2.01. The quantitative estimate of drug-likeness (QED) is 0.630. The van der Waals surface area contributed by atoms with Gasteiger partial charge in [0.2, 0.25) is 0 Å². The lowest BCUT2D eigenvalue weighted by Crippen LogP contribution is -2.38. The second kappa shape index (κ2) is 7.44. The molecule has 3 heteroatoms. The second-order valence-corrected chi connectivity index (χ2v) is 5.51. The highest BCUT2D eigenvalue weighted by Crippen LogP contribution is 2.14. The van der Waals surface area contributed by atoms with Gasteiger partial charge in [0.1, 0.15) is 0 Å². The third kappa shape index (κ3) is 4.34. The van der Waals surface area contributed by atoms with E-state index in [1.54, 1.807) is 0 Å². The molecule has 0 bridgehead atoms. The minimum absolute atomic E-state index is 0.209. The number of benzene rings is 2. The maximum Gasteiger partial charge on any atom is 0.0408 e. The van der Waals surface area contributed by atoms with Crippen LogP contribution in [0.5, 0.6) is 0 Å². The minimum Gasteiger partial charge on any atom is -0.271 e. The van der Waals surface area contributed by atoms with Gasteiger partial charge in [-0.3, -0.25) is 11.3 Å². The molecule has 0 saturated carbocycles. The summed E-state index contributed by atoms with van der Waals surface area (Å²) in [4.78, 5) is 0. The number of aryl methyl sites for hydroxylation is 1. The van der Waals surface area contributed by atoms with Crippen molar-refractivity contribution in [2.45, 2.75) is 32.2 Å². The van der Waals surface area contributed by atoms with Gasteiger partial charge in [0.15, 0.2) is 0 Å². The fraction of sp³-hybridized carbons (Fsp3) is 0.294. The lowest BCUT2D eigenvalue weighted by atomic mass is 9.98. The number of rotatable bonds is 6. The normalized spacial score (nSPS) is 12.3. The molecule has 2 nitrogen and oxygen atoms in total. The van der Waals surface area contributed by atoms with Crippen LogP contribution in [0.25, 0.3) is 0 Å². The highest BCUT2D eigenvalue weighted by atomic mass is 35.5. The second-order valence-electron chi connectivity index (χ2n) is 5.07. The molecule has 0 amide bonds. The average Bonchev–Trinajstić information content (AvgIpc) is 2.47. The fourth-order valence-corrected chi connectivity index (χ4v) is 2.55. The first-order chi connectivity index (χ1) is 9.71. The van der Waals surface area contributed by atoms with E-state index < -0.39 is 0 Å². The van der Waals surface area contributed by atoms with Gasteiger partial charge >= 0.3 is 0 Å². The number of halogens is 1. The van der Waals surface area contributed by atoms with Crippen LogP contribution in [0, 0.1) is 0 Å². The van der Waals surface area contributed by atoms with Crippen LogP contribution in [0.4, 0.5) is 0 Å². The van der Waals surface area contributed by atoms with E-state index in [1.807, 2.05) is 18.2 Å². The average molecular weight is 289 g/mol. The van der Waals surface area contributed by atoms with Crippen molar-refractivity contribution in [2.75, 3.05) is 0 Å². The fourth-order valence-electron chi connectivity index (χ4n) is 2.33. The molecule has 1 unspecified atom stereocenters. The number of hydrogen-bond acceptors (Lipinski definition) is 2. The molecule has 20 heavy (non-hydrogen) atoms. The van der Waals surface area contributed by atoms with Crippen molar-refractivity contribution in [3.05, 3.63) is 70.2 Å². The minimum atomic E-state index is 0.209. The summed E-state index contributed by atoms with van der Waals surface area (Å²) >= 11 is 6.01. The molecular weight excluding hydrogens is 268 g/mol. The van der Waals surface area contributed by atoms with Crippen molar-refractivity contribution >= 4 is 11.6 Å². The Hall–Kier alpha value is -1.35. The van der Waals surface area contributed by atoms with Crippen LogP contribution >= 0.6 is 11.6 Å². The van der Waals surface area contributed by atoms with Gasteiger partial charge < -0.3 is 0 Å². The molecule has 0 fully saturated rings. The Morgan fingerprint density at radius 3 is 2.25 bits per heavy atom. The summed E-state index contributed by atoms with van der Waals surface area (Å²) < 4.78 is 0. The topological polar surface area (TPSA) is 38.0 Å². The Morgan fingerprint density at radius 2 is 1.65 bits per heavy atom. The summed E-state index contributed by atoms with van der Waals surface area (Å²) in [5.74, 6) is 5.68. The van der Waals surface area contributed by atoms with Crippen molar-refractivity contribution < 1.29 is 0 Å². The first-order valence-corrected chi connectivity index (χ1v) is 7.37. The maximum absolute atomic E-state index is 6.01. The smallest absolute Gasteiger partial charge is 0.0408 e. The lowest BCUT2D eigenvalue weighted by molar-refractivity contribution is 0.522. The van der Waals surface area contributed by atoms with Gasteiger partial charge in [0.25, 0.3) is 0 Å². The summed E-state index contributed by atoms with van der Waals surface area (Å²) in [5.41, 5.74) is 6.76. The molecule has 2 rings (SSSR count). The lowest BCUT2D eigenvalue weighted by Gasteiger charge is -2.16. The van der Waals surface area contributed by atoms with E-state index in [9.17, 15) is 0 Å². The van der Waals surface area contributed by atoms with Gasteiger partial charge in [-0.1, -0.05) is 54.9 Å². The zero-order chi connectivity index (χ0) is 14.4. The highest BCUT2D eigenvalue weighted by Gasteiger charge is 2.09. The molecular formula is C17H21ClN2. The van der Waals surface area contributed by atoms with Crippen molar-refractivity contribution in [1.29, 1.82) is 0 Å². The van der Waals surface area contributed by atoms with Gasteiger partial charge in [0.05, 0.1) is 0 Å². The molecule has 2 aromatic rings. The van der Waals surface area contributed by atoms with E-state index in [4.69, 9.17) is 17.4 Å². The molecule has 0 aliphatic heterocycles. The van der Waals surface area contributed by atoms with E-state index >= 15 is 0 Å². The van der Waals surface area contributed by atoms with Crippen LogP contribution in [-0.4, -0.2) is 6.04 Å². The molecule has 0 heterocycles. The van der Waals surface area contributed by atoms with Gasteiger partial charge in [0, 0.05) is 11.1 Å².